The zero-order chi connectivity index (χ0) is 53.2. The topological polar surface area (TPSA) is 12.9 Å². The van der Waals surface area contributed by atoms with Crippen molar-refractivity contribution in [2.24, 2.45) is 32.5 Å². The van der Waals surface area contributed by atoms with E-state index in [0.29, 0.717) is 0 Å². The largest absolute Gasteiger partial charge is 0.255 e. The second-order valence-corrected chi connectivity index (χ2v) is 35.7. The summed E-state index contributed by atoms with van der Waals surface area (Å²) >= 11 is 2.04. The molecule has 0 N–H and O–H groups in total. The molecule has 0 spiro atoms. The lowest BCUT2D eigenvalue weighted by atomic mass is 9.82. The number of thiophene rings is 1. The van der Waals surface area contributed by atoms with E-state index in [1.165, 1.54) is 85.4 Å². The van der Waals surface area contributed by atoms with Crippen LogP contribution in [0.15, 0.2) is 109 Å². The number of aromatic nitrogens is 1. The number of hydrogen-bond donors (Lipinski definition) is 0. The Hall–Kier alpha value is -4.31. The Bertz CT molecular complexity index is 2760. The smallest absolute Gasteiger partial charge is 0.191 e. The van der Waals surface area contributed by atoms with Crippen molar-refractivity contribution in [1.29, 1.82) is 0 Å². The SMILES string of the molecule is CC(C)(C)Cc1cc(CC(C)(C)C)cc([Si](c2cc(CC(C)(C)C)cc(CC(C)(C)C)c2)(c2cc(CC(C)(C)C)cc(CC(C)(C)C)c2)c2cc3ccnc(-c4cc(C(C)(C)C)c5ccccc5c4)c3s2)c1. The molecule has 0 aliphatic carbocycles. The van der Waals surface area contributed by atoms with Crippen LogP contribution >= 0.6 is 11.3 Å². The molecule has 0 saturated carbocycles. The van der Waals surface area contributed by atoms with Gasteiger partial charge < -0.3 is 0 Å². The molecule has 0 atom stereocenters. The van der Waals surface area contributed by atoms with Crippen molar-refractivity contribution >= 4 is 60.3 Å². The minimum Gasteiger partial charge on any atom is -0.255 e. The van der Waals surface area contributed by atoms with Crippen LogP contribution in [0.2, 0.25) is 0 Å². The lowest BCUT2D eigenvalue weighted by Gasteiger charge is -2.37. The summed E-state index contributed by atoms with van der Waals surface area (Å²) in [6.07, 6.45) is 8.16. The van der Waals surface area contributed by atoms with Gasteiger partial charge in [0.05, 0.1) is 10.4 Å². The first-order valence-electron chi connectivity index (χ1n) is 27.3. The van der Waals surface area contributed by atoms with Gasteiger partial charge in [-0.3, -0.25) is 4.98 Å². The Morgan fingerprint density at radius 2 is 0.750 bits per heavy atom. The Morgan fingerprint density at radius 1 is 0.389 bits per heavy atom. The molecule has 0 aliphatic heterocycles. The van der Waals surface area contributed by atoms with Crippen molar-refractivity contribution in [1.82, 2.24) is 4.98 Å². The van der Waals surface area contributed by atoms with Crippen molar-refractivity contribution in [3.8, 4) is 11.3 Å². The Balaban J connectivity index is 1.74. The first kappa shape index (κ1) is 55.4. The van der Waals surface area contributed by atoms with Gasteiger partial charge in [-0.05, 0) is 171 Å². The molecular weight excluding hydrogens is 903 g/mol. The van der Waals surface area contributed by atoms with E-state index in [-0.39, 0.29) is 37.9 Å². The van der Waals surface area contributed by atoms with Crippen LogP contribution in [0, 0.1) is 32.5 Å². The predicted molar refractivity (Wildman–Crippen MR) is 324 cm³/mol. The molecule has 7 aromatic rings. The lowest BCUT2D eigenvalue weighted by molar-refractivity contribution is 0.405. The van der Waals surface area contributed by atoms with E-state index < -0.39 is 8.07 Å². The maximum Gasteiger partial charge on any atom is 0.191 e. The van der Waals surface area contributed by atoms with E-state index >= 15 is 0 Å². The minimum absolute atomic E-state index is 0.0410. The van der Waals surface area contributed by atoms with Crippen molar-refractivity contribution in [2.75, 3.05) is 0 Å². The Morgan fingerprint density at radius 3 is 1.10 bits per heavy atom. The fraction of sp³-hybridized carbons (Fsp3) is 0.493. The van der Waals surface area contributed by atoms with Crippen LogP contribution in [0.3, 0.4) is 0 Å². The monoisotopic (exact) mass is 996 g/mol. The van der Waals surface area contributed by atoms with Gasteiger partial charge in [0.2, 0.25) is 0 Å². The zero-order valence-corrected chi connectivity index (χ0v) is 50.8. The van der Waals surface area contributed by atoms with Crippen LogP contribution in [0.25, 0.3) is 32.1 Å². The van der Waals surface area contributed by atoms with Crippen molar-refractivity contribution in [2.45, 2.75) is 189 Å². The Kier molecular flexibility index (Phi) is 15.2. The molecule has 0 fully saturated rings. The van der Waals surface area contributed by atoms with Gasteiger partial charge in [0.1, 0.15) is 0 Å². The number of benzene rings is 5. The average molecular weight is 997 g/mol. The van der Waals surface area contributed by atoms with Gasteiger partial charge in [-0.25, -0.2) is 0 Å². The first-order chi connectivity index (χ1) is 32.9. The number of hydrogen-bond acceptors (Lipinski definition) is 2. The van der Waals surface area contributed by atoms with Crippen LogP contribution in [0.5, 0.6) is 0 Å². The van der Waals surface area contributed by atoms with Crippen molar-refractivity contribution < 1.29 is 0 Å². The molecule has 2 heterocycles. The van der Waals surface area contributed by atoms with E-state index in [1.807, 2.05) is 11.3 Å². The van der Waals surface area contributed by atoms with Crippen LogP contribution in [-0.2, 0) is 43.9 Å². The fourth-order valence-corrected chi connectivity index (χ4v) is 19.1. The van der Waals surface area contributed by atoms with Crippen molar-refractivity contribution in [3.05, 3.63) is 148 Å². The normalized spacial score (nSPS) is 13.7. The molecule has 5 aromatic carbocycles. The quantitative estimate of drug-likeness (QED) is 0.0930. The molecule has 0 unspecified atom stereocenters. The van der Waals surface area contributed by atoms with Crippen LogP contribution in [-0.4, -0.2) is 13.1 Å². The third kappa shape index (κ3) is 13.9. The molecule has 384 valence electrons. The number of rotatable bonds is 11. The molecule has 72 heavy (non-hydrogen) atoms. The highest BCUT2D eigenvalue weighted by atomic mass is 32.1. The highest BCUT2D eigenvalue weighted by molar-refractivity contribution is 7.39. The molecule has 0 saturated heterocycles. The minimum atomic E-state index is -3.24. The van der Waals surface area contributed by atoms with E-state index in [4.69, 9.17) is 4.98 Å². The molecule has 3 heteroatoms. The molecule has 2 aromatic heterocycles. The summed E-state index contributed by atoms with van der Waals surface area (Å²) in [6, 6.07) is 42.6. The zero-order valence-electron chi connectivity index (χ0n) is 49.0. The van der Waals surface area contributed by atoms with Gasteiger partial charge in [0, 0.05) is 16.3 Å². The summed E-state index contributed by atoms with van der Waals surface area (Å²) < 4.78 is 2.77. The maximum absolute atomic E-state index is 5.37. The van der Waals surface area contributed by atoms with Gasteiger partial charge >= 0.3 is 0 Å². The number of pyridine rings is 1. The van der Waals surface area contributed by atoms with E-state index in [9.17, 15) is 0 Å². The third-order valence-corrected chi connectivity index (χ3v) is 20.2. The lowest BCUT2D eigenvalue weighted by Crippen LogP contribution is -2.74. The summed E-state index contributed by atoms with van der Waals surface area (Å²) in [6.45, 7) is 50.5. The average Bonchev–Trinajstić information content (AvgIpc) is 3.61. The van der Waals surface area contributed by atoms with Gasteiger partial charge in [0.25, 0.3) is 0 Å². The summed E-state index contributed by atoms with van der Waals surface area (Å²) in [7, 11) is -3.24. The van der Waals surface area contributed by atoms with E-state index in [1.54, 1.807) is 0 Å². The maximum atomic E-state index is 5.37. The van der Waals surface area contributed by atoms with Crippen LogP contribution in [0.1, 0.15) is 184 Å². The Labute approximate surface area is 444 Å². The molecule has 0 amide bonds. The number of nitrogens with zero attached hydrogens (tertiary/aromatic N) is 1. The van der Waals surface area contributed by atoms with Crippen LogP contribution < -0.4 is 20.1 Å². The molecule has 7 rings (SSSR count). The summed E-state index contributed by atoms with van der Waals surface area (Å²) in [5, 5.41) is 8.40. The second-order valence-electron chi connectivity index (χ2n) is 30.5. The highest BCUT2D eigenvalue weighted by Gasteiger charge is 2.45. The van der Waals surface area contributed by atoms with Gasteiger partial charge in [-0.15, -0.1) is 11.3 Å². The third-order valence-electron chi connectivity index (χ3n) is 13.6. The second kappa shape index (κ2) is 19.8. The standard InChI is InChI=1S/C69H93NSSi/c1-63(2,3)40-46-28-47(41-64(4,5)6)32-55(31-46)72(56-33-48(42-65(7,8)9)29-49(34-56)43-66(10,11)12,57-35-50(44-67(13,14)15)30-51(36-57)45-68(16,17)18)60-39-53-26-27-70-61(62(53)71-60)54-37-52-24-22-23-25-58(52)59(38-54)69(19,20)21/h22-39H,40-45H2,1-21H3. The predicted octanol–water partition coefficient (Wildman–Crippen LogP) is 17.3. The van der Waals surface area contributed by atoms with Crippen molar-refractivity contribution in [3.63, 3.8) is 0 Å². The van der Waals surface area contributed by atoms with Gasteiger partial charge in [0.15, 0.2) is 8.07 Å². The summed E-state index contributed by atoms with van der Waals surface area (Å²) in [5.41, 5.74) is 13.0. The molecule has 0 radical (unpaired) electrons. The summed E-state index contributed by atoms with van der Waals surface area (Å²) in [4.78, 5) is 5.37. The molecule has 0 aliphatic rings. The number of fused-ring (bicyclic) bond motifs is 2. The van der Waals surface area contributed by atoms with Gasteiger partial charge in [-0.1, -0.05) is 224 Å². The highest BCUT2D eigenvalue weighted by Crippen LogP contribution is 2.39. The fourth-order valence-electron chi connectivity index (χ4n) is 11.6. The van der Waals surface area contributed by atoms with E-state index in [0.717, 1.165) is 44.2 Å². The molecule has 1 nitrogen and oxygen atoms in total. The molecule has 0 bridgehead atoms. The summed E-state index contributed by atoms with van der Waals surface area (Å²) in [5.74, 6) is 0. The van der Waals surface area contributed by atoms with E-state index in [2.05, 4.69) is 255 Å². The van der Waals surface area contributed by atoms with Crippen LogP contribution in [0.4, 0.5) is 0 Å². The first-order valence-corrected chi connectivity index (χ1v) is 30.1. The molecular formula is C69H93NSSi. The van der Waals surface area contributed by atoms with Gasteiger partial charge in [-0.2, -0.15) is 0 Å².